The molecule has 0 aromatic heterocycles. The molecule has 3 heteroatoms. The van der Waals surface area contributed by atoms with E-state index in [2.05, 4.69) is 27.7 Å². The lowest BCUT2D eigenvalue weighted by atomic mass is 9.88. The molecule has 30 heavy (non-hydrogen) atoms. The zero-order valence-corrected chi connectivity index (χ0v) is 20.5. The van der Waals surface area contributed by atoms with Gasteiger partial charge < -0.3 is 15.3 Å². The quantitative estimate of drug-likeness (QED) is 0.257. The van der Waals surface area contributed by atoms with Crippen LogP contribution in [0.25, 0.3) is 0 Å². The molecule has 0 aliphatic carbocycles. The molecular formula is C27H48O3. The topological polar surface area (TPSA) is 60.7 Å². The van der Waals surface area contributed by atoms with Gasteiger partial charge in [-0.2, -0.15) is 0 Å². The maximum atomic E-state index is 10.7. The molecule has 1 aromatic rings. The van der Waals surface area contributed by atoms with E-state index in [4.69, 9.17) is 0 Å². The minimum atomic E-state index is -0.688. The number of phenolic OH excluding ortho intramolecular Hbond substituents is 2. The van der Waals surface area contributed by atoms with E-state index in [1.165, 1.54) is 44.9 Å². The molecule has 3 nitrogen and oxygen atoms in total. The number of hydrogen-bond acceptors (Lipinski definition) is 3. The van der Waals surface area contributed by atoms with E-state index >= 15 is 0 Å². The van der Waals surface area contributed by atoms with Crippen LogP contribution in [-0.2, 0) is 6.42 Å². The Morgan fingerprint density at radius 3 is 1.87 bits per heavy atom. The molecule has 1 aromatic carbocycles. The second kappa shape index (κ2) is 13.2. The van der Waals surface area contributed by atoms with Crippen LogP contribution in [0.3, 0.4) is 0 Å². The third kappa shape index (κ3) is 11.2. The first-order valence-corrected chi connectivity index (χ1v) is 12.2. The van der Waals surface area contributed by atoms with E-state index in [1.54, 1.807) is 13.0 Å². The van der Waals surface area contributed by atoms with Gasteiger partial charge in [0.2, 0.25) is 0 Å². The normalized spacial score (nSPS) is 15.9. The Kier molecular flexibility index (Phi) is 11.8. The Hall–Kier alpha value is -1.22. The second-order valence-electron chi connectivity index (χ2n) is 10.6. The zero-order valence-electron chi connectivity index (χ0n) is 20.5. The molecule has 0 fully saturated rings. The number of aromatic hydroxyl groups is 2. The fraction of sp³-hybridized carbons (Fsp3) is 0.778. The molecule has 1 rings (SSSR count). The first-order valence-electron chi connectivity index (χ1n) is 12.2. The highest BCUT2D eigenvalue weighted by atomic mass is 16.3. The summed E-state index contributed by atoms with van der Waals surface area (Å²) in [6, 6.07) is 3.49. The van der Waals surface area contributed by atoms with Gasteiger partial charge in [0.15, 0.2) is 11.5 Å². The summed E-state index contributed by atoms with van der Waals surface area (Å²) in [4.78, 5) is 0. The van der Waals surface area contributed by atoms with Crippen molar-refractivity contribution in [1.82, 2.24) is 0 Å². The van der Waals surface area contributed by atoms with Gasteiger partial charge in [-0.1, -0.05) is 85.1 Å². The summed E-state index contributed by atoms with van der Waals surface area (Å²) in [5.41, 5.74) is 0.943. The van der Waals surface area contributed by atoms with Crippen molar-refractivity contribution in [3.63, 3.8) is 0 Å². The van der Waals surface area contributed by atoms with Gasteiger partial charge >= 0.3 is 0 Å². The lowest BCUT2D eigenvalue weighted by Gasteiger charge is -2.24. The van der Waals surface area contributed by atoms with Gasteiger partial charge in [-0.15, -0.1) is 0 Å². The minimum Gasteiger partial charge on any atom is -0.504 e. The molecule has 0 amide bonds. The van der Waals surface area contributed by atoms with E-state index in [9.17, 15) is 15.3 Å². The SMILES string of the molecule is Cc1cc(CCC(C)(O)CCCC(C)CCCC(C)CCCC(C)C)cc(O)c1O. The van der Waals surface area contributed by atoms with E-state index in [-0.39, 0.29) is 11.5 Å². The van der Waals surface area contributed by atoms with E-state index < -0.39 is 5.60 Å². The molecule has 0 bridgehead atoms. The molecule has 0 aliphatic heterocycles. The van der Waals surface area contributed by atoms with Gasteiger partial charge in [0.1, 0.15) is 0 Å². The van der Waals surface area contributed by atoms with Crippen LogP contribution in [0.2, 0.25) is 0 Å². The fourth-order valence-electron chi connectivity index (χ4n) is 4.33. The Labute approximate surface area is 185 Å². The van der Waals surface area contributed by atoms with Gasteiger partial charge in [-0.3, -0.25) is 0 Å². The van der Waals surface area contributed by atoms with Crippen molar-refractivity contribution in [1.29, 1.82) is 0 Å². The molecule has 0 saturated heterocycles. The highest BCUT2D eigenvalue weighted by molar-refractivity contribution is 5.46. The van der Waals surface area contributed by atoms with Crippen LogP contribution in [0.15, 0.2) is 12.1 Å². The fourth-order valence-corrected chi connectivity index (χ4v) is 4.33. The summed E-state index contributed by atoms with van der Waals surface area (Å²) in [5, 5.41) is 30.2. The second-order valence-corrected chi connectivity index (χ2v) is 10.6. The van der Waals surface area contributed by atoms with Crippen LogP contribution in [0.4, 0.5) is 0 Å². The zero-order chi connectivity index (χ0) is 22.7. The van der Waals surface area contributed by atoms with Gasteiger partial charge in [-0.25, -0.2) is 0 Å². The molecule has 0 heterocycles. The number of benzene rings is 1. The van der Waals surface area contributed by atoms with Gasteiger partial charge in [0, 0.05) is 0 Å². The third-order valence-corrected chi connectivity index (χ3v) is 6.58. The number of aryl methyl sites for hydroxylation is 2. The summed E-state index contributed by atoms with van der Waals surface area (Å²) < 4.78 is 0. The van der Waals surface area contributed by atoms with Crippen molar-refractivity contribution >= 4 is 0 Å². The Morgan fingerprint density at radius 1 is 0.800 bits per heavy atom. The minimum absolute atomic E-state index is 0.0514. The first kappa shape index (κ1) is 26.8. The molecule has 0 saturated carbocycles. The summed E-state index contributed by atoms with van der Waals surface area (Å²) in [6.07, 6.45) is 12.5. The van der Waals surface area contributed by atoms with Crippen molar-refractivity contribution in [3.8, 4) is 11.5 Å². The molecule has 3 unspecified atom stereocenters. The molecule has 3 N–H and O–H groups in total. The van der Waals surface area contributed by atoms with Crippen molar-refractivity contribution in [3.05, 3.63) is 23.3 Å². The van der Waals surface area contributed by atoms with Crippen LogP contribution >= 0.6 is 0 Å². The van der Waals surface area contributed by atoms with Gasteiger partial charge in [-0.05, 0) is 68.1 Å². The predicted octanol–water partition coefficient (Wildman–Crippen LogP) is 7.53. The predicted molar refractivity (Wildman–Crippen MR) is 128 cm³/mol. The maximum Gasteiger partial charge on any atom is 0.160 e. The van der Waals surface area contributed by atoms with E-state index in [1.807, 2.05) is 13.0 Å². The standard InChI is InChI=1S/C27H48O3/c1-20(2)10-7-11-21(3)12-8-13-22(4)14-9-16-27(6,30)17-15-24-18-23(5)26(29)25(28)19-24/h18-22,28-30H,7-17H2,1-6H3. The van der Waals surface area contributed by atoms with Gasteiger partial charge in [0.05, 0.1) is 5.60 Å². The first-order chi connectivity index (χ1) is 14.0. The summed E-state index contributed by atoms with van der Waals surface area (Å²) >= 11 is 0. The van der Waals surface area contributed by atoms with Crippen LogP contribution in [0, 0.1) is 24.7 Å². The maximum absolute atomic E-state index is 10.7. The molecule has 0 radical (unpaired) electrons. The van der Waals surface area contributed by atoms with E-state index in [0.717, 1.165) is 36.2 Å². The largest absolute Gasteiger partial charge is 0.504 e. The molecule has 0 aliphatic rings. The number of rotatable bonds is 15. The number of hydrogen-bond donors (Lipinski definition) is 3. The molecule has 3 atom stereocenters. The van der Waals surface area contributed by atoms with Crippen LogP contribution in [-0.4, -0.2) is 20.9 Å². The third-order valence-electron chi connectivity index (χ3n) is 6.58. The highest BCUT2D eigenvalue weighted by Gasteiger charge is 2.20. The summed E-state index contributed by atoms with van der Waals surface area (Å²) in [6.45, 7) is 13.1. The lowest BCUT2D eigenvalue weighted by molar-refractivity contribution is 0.0386. The smallest absolute Gasteiger partial charge is 0.160 e. The van der Waals surface area contributed by atoms with Crippen molar-refractivity contribution in [2.45, 2.75) is 118 Å². The average molecular weight is 421 g/mol. The van der Waals surface area contributed by atoms with Crippen molar-refractivity contribution in [2.75, 3.05) is 0 Å². The monoisotopic (exact) mass is 420 g/mol. The summed E-state index contributed by atoms with van der Waals surface area (Å²) in [5.74, 6) is 2.27. The van der Waals surface area contributed by atoms with E-state index in [0.29, 0.717) is 18.4 Å². The Balaban J connectivity index is 2.21. The van der Waals surface area contributed by atoms with Crippen LogP contribution in [0.5, 0.6) is 11.5 Å². The summed E-state index contributed by atoms with van der Waals surface area (Å²) in [7, 11) is 0. The Bertz CT molecular complexity index is 583. The Morgan fingerprint density at radius 2 is 1.33 bits per heavy atom. The lowest BCUT2D eigenvalue weighted by Crippen LogP contribution is -2.25. The average Bonchev–Trinajstić information content (AvgIpc) is 2.64. The van der Waals surface area contributed by atoms with Crippen LogP contribution < -0.4 is 0 Å². The molecular weight excluding hydrogens is 372 g/mol. The van der Waals surface area contributed by atoms with Gasteiger partial charge in [0.25, 0.3) is 0 Å². The molecule has 174 valence electrons. The molecule has 0 spiro atoms. The van der Waals surface area contributed by atoms with Crippen molar-refractivity contribution < 1.29 is 15.3 Å². The number of phenols is 2. The highest BCUT2D eigenvalue weighted by Crippen LogP contribution is 2.31. The number of aliphatic hydroxyl groups is 1. The van der Waals surface area contributed by atoms with Crippen molar-refractivity contribution in [2.24, 2.45) is 17.8 Å². The van der Waals surface area contributed by atoms with Crippen LogP contribution in [0.1, 0.15) is 110 Å².